The molecule has 0 unspecified atom stereocenters. The molecule has 0 aliphatic carbocycles. The molecule has 1 rings (SSSR count). The number of unbranched alkanes of at least 4 members (excludes halogenated alkanes) is 4. The maximum absolute atomic E-state index is 3.70. The number of aryl methyl sites for hydroxylation is 1. The van der Waals surface area contributed by atoms with Crippen LogP contribution in [0.4, 0.5) is 0 Å². The zero-order valence-corrected chi connectivity index (χ0v) is 13.2. The van der Waals surface area contributed by atoms with E-state index in [1.807, 2.05) is 12.2 Å². The summed E-state index contributed by atoms with van der Waals surface area (Å²) in [7, 11) is 0. The molecular weight excluding hydrogens is 228 g/mol. The maximum atomic E-state index is 3.70. The van der Waals surface area contributed by atoms with Crippen molar-refractivity contribution in [2.75, 3.05) is 0 Å². The topological polar surface area (TPSA) is 0 Å². The van der Waals surface area contributed by atoms with E-state index >= 15 is 0 Å². The fraction of sp³-hybridized carbons (Fsp3) is 0.474. The molecular formula is C19H30. The van der Waals surface area contributed by atoms with Crippen molar-refractivity contribution in [3.05, 3.63) is 46.9 Å². The molecule has 0 radical (unpaired) electrons. The van der Waals surface area contributed by atoms with Crippen molar-refractivity contribution in [2.24, 2.45) is 0 Å². The molecule has 1 aromatic rings. The first-order valence-electron chi connectivity index (χ1n) is 7.55. The van der Waals surface area contributed by atoms with Gasteiger partial charge in [0.05, 0.1) is 0 Å². The Morgan fingerprint density at radius 3 is 2.16 bits per heavy atom. The number of allylic oxidation sites excluding steroid dienone is 1. The zero-order valence-electron chi connectivity index (χ0n) is 13.2. The van der Waals surface area contributed by atoms with Gasteiger partial charge in [0.1, 0.15) is 0 Å². The van der Waals surface area contributed by atoms with E-state index in [1.54, 1.807) is 0 Å². The van der Waals surface area contributed by atoms with Crippen LogP contribution < -0.4 is 10.4 Å². The van der Waals surface area contributed by atoms with Crippen LogP contribution in [0.5, 0.6) is 0 Å². The lowest BCUT2D eigenvalue weighted by Gasteiger charge is -1.94. The third-order valence-corrected chi connectivity index (χ3v) is 3.16. The van der Waals surface area contributed by atoms with Crippen LogP contribution in [-0.2, 0) is 0 Å². The van der Waals surface area contributed by atoms with Crippen LogP contribution in [0, 0.1) is 6.92 Å². The van der Waals surface area contributed by atoms with Crippen LogP contribution in [0.2, 0.25) is 0 Å². The third kappa shape index (κ3) is 7.66. The Hall–Kier alpha value is -1.30. The monoisotopic (exact) mass is 258 g/mol. The minimum absolute atomic E-state index is 1.27. The van der Waals surface area contributed by atoms with Gasteiger partial charge in [0.25, 0.3) is 0 Å². The van der Waals surface area contributed by atoms with Crippen LogP contribution in [0.3, 0.4) is 0 Å². The lowest BCUT2D eigenvalue weighted by Crippen LogP contribution is -2.26. The second kappa shape index (κ2) is 11.8. The summed E-state index contributed by atoms with van der Waals surface area (Å²) in [5, 5.41) is 2.55. The van der Waals surface area contributed by atoms with Crippen molar-refractivity contribution in [3.8, 4) is 0 Å². The van der Waals surface area contributed by atoms with Crippen molar-refractivity contribution in [1.82, 2.24) is 0 Å². The zero-order chi connectivity index (χ0) is 14.5. The summed E-state index contributed by atoms with van der Waals surface area (Å²) < 4.78 is 0. The first kappa shape index (κ1) is 17.7. The first-order chi connectivity index (χ1) is 9.21. The second-order valence-corrected chi connectivity index (χ2v) is 4.83. The van der Waals surface area contributed by atoms with Gasteiger partial charge in [-0.05, 0) is 29.8 Å². The fourth-order valence-electron chi connectivity index (χ4n) is 1.98. The molecule has 0 aromatic heterocycles. The smallest absolute Gasteiger partial charge is 0.0158 e. The highest BCUT2D eigenvalue weighted by Crippen LogP contribution is 2.00. The third-order valence-electron chi connectivity index (χ3n) is 3.16. The Kier molecular flexibility index (Phi) is 11.0. The molecule has 0 bridgehead atoms. The summed E-state index contributed by atoms with van der Waals surface area (Å²) in [6.07, 6.45) is 13.0. The van der Waals surface area contributed by atoms with Crippen LogP contribution in [0.1, 0.15) is 58.4 Å². The maximum Gasteiger partial charge on any atom is -0.0158 e. The summed E-state index contributed by atoms with van der Waals surface area (Å²) >= 11 is 0. The van der Waals surface area contributed by atoms with E-state index in [4.69, 9.17) is 0 Å². The number of rotatable bonds is 5. The molecule has 0 nitrogen and oxygen atoms in total. The van der Waals surface area contributed by atoms with E-state index in [0.29, 0.717) is 0 Å². The van der Waals surface area contributed by atoms with E-state index in [1.165, 1.54) is 48.1 Å². The van der Waals surface area contributed by atoms with Gasteiger partial charge < -0.3 is 0 Å². The normalized spacial score (nSPS) is 12.0. The SMILES string of the molecule is C=C/C=c1/c(C)ccc/c1=C/C.CCCCCCC. The standard InChI is InChI=1S/C12H14.C7H16/c1-4-7-12-10(3)8-6-9-11(12)5-2;1-3-5-7-6-4-2/h4-9H,1H2,2-3H3;3-7H2,1-2H3/b11-5-,12-7-;. The van der Waals surface area contributed by atoms with E-state index in [2.05, 4.69) is 58.5 Å². The minimum Gasteiger partial charge on any atom is -0.0990 e. The van der Waals surface area contributed by atoms with Gasteiger partial charge in [0.15, 0.2) is 0 Å². The summed E-state index contributed by atoms with van der Waals surface area (Å²) in [4.78, 5) is 0. The van der Waals surface area contributed by atoms with Crippen LogP contribution >= 0.6 is 0 Å². The average molecular weight is 258 g/mol. The summed E-state index contributed by atoms with van der Waals surface area (Å²) in [6, 6.07) is 6.30. The highest BCUT2D eigenvalue weighted by molar-refractivity contribution is 5.41. The highest BCUT2D eigenvalue weighted by Gasteiger charge is 1.86. The fourth-order valence-corrected chi connectivity index (χ4v) is 1.98. The molecule has 0 saturated heterocycles. The lowest BCUT2D eigenvalue weighted by molar-refractivity contribution is 0.656. The van der Waals surface area contributed by atoms with Gasteiger partial charge in [-0.25, -0.2) is 0 Å². The summed E-state index contributed by atoms with van der Waals surface area (Å²) in [5.41, 5.74) is 1.30. The van der Waals surface area contributed by atoms with Crippen molar-refractivity contribution >= 4 is 12.2 Å². The quantitative estimate of drug-likeness (QED) is 0.669. The van der Waals surface area contributed by atoms with Crippen molar-refractivity contribution in [2.45, 2.75) is 59.8 Å². The van der Waals surface area contributed by atoms with Crippen molar-refractivity contribution in [3.63, 3.8) is 0 Å². The predicted molar refractivity (Wildman–Crippen MR) is 89.7 cm³/mol. The number of hydrogen-bond acceptors (Lipinski definition) is 0. The van der Waals surface area contributed by atoms with Gasteiger partial charge in [-0.15, -0.1) is 0 Å². The summed E-state index contributed by atoms with van der Waals surface area (Å²) in [6.45, 7) is 12.4. The van der Waals surface area contributed by atoms with Gasteiger partial charge in [0.2, 0.25) is 0 Å². The molecule has 0 spiro atoms. The van der Waals surface area contributed by atoms with E-state index in [0.717, 1.165) is 0 Å². The molecule has 19 heavy (non-hydrogen) atoms. The van der Waals surface area contributed by atoms with Gasteiger partial charge in [-0.3, -0.25) is 0 Å². The predicted octanol–water partition coefficient (Wildman–Crippen LogP) is 4.74. The number of hydrogen-bond donors (Lipinski definition) is 0. The molecule has 0 amide bonds. The van der Waals surface area contributed by atoms with Gasteiger partial charge >= 0.3 is 0 Å². The summed E-state index contributed by atoms with van der Waals surface area (Å²) in [5.74, 6) is 0. The largest absolute Gasteiger partial charge is 0.0990 e. The Labute approximate surface area is 119 Å². The molecule has 106 valence electrons. The van der Waals surface area contributed by atoms with Gasteiger partial charge in [-0.2, -0.15) is 0 Å². The van der Waals surface area contributed by atoms with Crippen LogP contribution in [-0.4, -0.2) is 0 Å². The average Bonchev–Trinajstić information content (AvgIpc) is 2.42. The molecule has 0 saturated carbocycles. The molecule has 0 heteroatoms. The van der Waals surface area contributed by atoms with Gasteiger partial charge in [0, 0.05) is 0 Å². The Morgan fingerprint density at radius 2 is 1.68 bits per heavy atom. The lowest BCUT2D eigenvalue weighted by atomic mass is 10.1. The van der Waals surface area contributed by atoms with E-state index in [9.17, 15) is 0 Å². The highest BCUT2D eigenvalue weighted by atomic mass is 13.9. The van der Waals surface area contributed by atoms with E-state index in [-0.39, 0.29) is 0 Å². The molecule has 0 heterocycles. The second-order valence-electron chi connectivity index (χ2n) is 4.83. The van der Waals surface area contributed by atoms with Crippen LogP contribution in [0.15, 0.2) is 30.9 Å². The van der Waals surface area contributed by atoms with Crippen molar-refractivity contribution in [1.29, 1.82) is 0 Å². The van der Waals surface area contributed by atoms with Gasteiger partial charge in [-0.1, -0.05) is 89.0 Å². The molecule has 0 aliphatic rings. The molecule has 0 N–H and O–H groups in total. The minimum atomic E-state index is 1.27. The van der Waals surface area contributed by atoms with E-state index < -0.39 is 0 Å². The van der Waals surface area contributed by atoms with Crippen LogP contribution in [0.25, 0.3) is 12.2 Å². The molecule has 0 atom stereocenters. The Bertz CT molecular complexity index is 447. The van der Waals surface area contributed by atoms with Crippen molar-refractivity contribution < 1.29 is 0 Å². The molecule has 0 fully saturated rings. The Balaban J connectivity index is 0.000000399. The molecule has 0 aliphatic heterocycles. The Morgan fingerprint density at radius 1 is 1.05 bits per heavy atom. The number of benzene rings is 1. The first-order valence-corrected chi connectivity index (χ1v) is 7.55. The molecule has 1 aromatic carbocycles.